The molecule has 3 heterocycles. The van der Waals surface area contributed by atoms with Crippen LogP contribution in [0.5, 0.6) is 0 Å². The van der Waals surface area contributed by atoms with Crippen LogP contribution in [0.4, 0.5) is 23.3 Å². The van der Waals surface area contributed by atoms with E-state index >= 15 is 0 Å². The number of furan rings is 2. The maximum Gasteiger partial charge on any atom is 0.353 e. The van der Waals surface area contributed by atoms with Crippen LogP contribution in [0.1, 0.15) is 11.5 Å². The zero-order chi connectivity index (χ0) is 16.9. The van der Waals surface area contributed by atoms with Gasteiger partial charge in [-0.05, 0) is 24.3 Å². The summed E-state index contributed by atoms with van der Waals surface area (Å²) in [4.78, 5) is 18.6. The van der Waals surface area contributed by atoms with E-state index in [0.29, 0.717) is 18.1 Å². The van der Waals surface area contributed by atoms with Crippen molar-refractivity contribution in [1.82, 2.24) is 9.97 Å². The van der Waals surface area contributed by atoms with Gasteiger partial charge in [0.05, 0.1) is 30.5 Å². The van der Waals surface area contributed by atoms with Gasteiger partial charge in [-0.1, -0.05) is 0 Å². The van der Waals surface area contributed by atoms with Crippen molar-refractivity contribution in [2.24, 2.45) is 0 Å². The molecule has 0 atom stereocenters. The molecule has 3 rings (SSSR count). The first-order valence-electron chi connectivity index (χ1n) is 6.98. The number of hydrogen-bond donors (Lipinski definition) is 3. The van der Waals surface area contributed by atoms with Crippen LogP contribution in [0.15, 0.2) is 45.6 Å². The van der Waals surface area contributed by atoms with Crippen molar-refractivity contribution in [3.8, 4) is 0 Å². The molecule has 0 amide bonds. The van der Waals surface area contributed by atoms with Gasteiger partial charge in [-0.15, -0.1) is 0 Å². The van der Waals surface area contributed by atoms with Gasteiger partial charge in [0, 0.05) is 0 Å². The second kappa shape index (κ2) is 6.69. The number of nitrogens with two attached hydrogens (primary N) is 1. The lowest BCUT2D eigenvalue weighted by molar-refractivity contribution is -0.383. The van der Waals surface area contributed by atoms with Crippen LogP contribution in [0.2, 0.25) is 0 Å². The van der Waals surface area contributed by atoms with Crippen LogP contribution >= 0.6 is 0 Å². The van der Waals surface area contributed by atoms with E-state index in [9.17, 15) is 10.1 Å². The van der Waals surface area contributed by atoms with Gasteiger partial charge in [0.2, 0.25) is 17.6 Å². The van der Waals surface area contributed by atoms with Crippen molar-refractivity contribution in [3.05, 3.63) is 58.4 Å². The van der Waals surface area contributed by atoms with E-state index in [4.69, 9.17) is 14.6 Å². The average molecular weight is 330 g/mol. The van der Waals surface area contributed by atoms with Crippen LogP contribution in [0, 0.1) is 10.1 Å². The molecule has 0 aliphatic rings. The second-order valence-electron chi connectivity index (χ2n) is 4.75. The molecule has 0 unspecified atom stereocenters. The van der Waals surface area contributed by atoms with Crippen molar-refractivity contribution < 1.29 is 13.8 Å². The SMILES string of the molecule is Nc1nc(NCc2ccco2)nc(NCc2ccco2)c1[N+](=O)[O-]. The molecule has 0 saturated carbocycles. The van der Waals surface area contributed by atoms with Gasteiger partial charge in [-0.25, -0.2) is 0 Å². The largest absolute Gasteiger partial charge is 0.467 e. The molecule has 3 aromatic rings. The highest BCUT2D eigenvalue weighted by Crippen LogP contribution is 2.29. The molecule has 0 aliphatic carbocycles. The summed E-state index contributed by atoms with van der Waals surface area (Å²) < 4.78 is 10.4. The van der Waals surface area contributed by atoms with Gasteiger partial charge < -0.3 is 25.2 Å². The minimum Gasteiger partial charge on any atom is -0.467 e. The number of nitrogens with zero attached hydrogens (tertiary/aromatic N) is 3. The highest BCUT2D eigenvalue weighted by Gasteiger charge is 2.23. The van der Waals surface area contributed by atoms with Gasteiger partial charge in [-0.3, -0.25) is 10.1 Å². The van der Waals surface area contributed by atoms with Gasteiger partial charge in [0.25, 0.3) is 0 Å². The minimum atomic E-state index is -0.629. The van der Waals surface area contributed by atoms with Gasteiger partial charge in [0.15, 0.2) is 0 Å². The van der Waals surface area contributed by atoms with E-state index in [1.165, 1.54) is 6.26 Å². The molecular formula is C14H14N6O4. The lowest BCUT2D eigenvalue weighted by atomic mass is 10.4. The van der Waals surface area contributed by atoms with E-state index in [0.717, 1.165) is 0 Å². The number of rotatable bonds is 7. The summed E-state index contributed by atoms with van der Waals surface area (Å²) in [5.41, 5.74) is 5.32. The molecule has 124 valence electrons. The Morgan fingerprint density at radius 2 is 1.71 bits per heavy atom. The van der Waals surface area contributed by atoms with Crippen LogP contribution in [0.3, 0.4) is 0 Å². The van der Waals surface area contributed by atoms with Crippen molar-refractivity contribution in [1.29, 1.82) is 0 Å². The predicted molar refractivity (Wildman–Crippen MR) is 85.2 cm³/mol. The summed E-state index contributed by atoms with van der Waals surface area (Å²) in [6.45, 7) is 0.545. The first-order chi connectivity index (χ1) is 11.6. The number of nitrogens with one attached hydrogen (secondary N) is 2. The fourth-order valence-corrected chi connectivity index (χ4v) is 2.02. The molecular weight excluding hydrogens is 316 g/mol. The van der Waals surface area contributed by atoms with E-state index in [-0.39, 0.29) is 29.8 Å². The molecule has 24 heavy (non-hydrogen) atoms. The fraction of sp³-hybridized carbons (Fsp3) is 0.143. The highest BCUT2D eigenvalue weighted by atomic mass is 16.6. The molecule has 0 aromatic carbocycles. The topological polar surface area (TPSA) is 145 Å². The van der Waals surface area contributed by atoms with Crippen molar-refractivity contribution in [2.75, 3.05) is 16.4 Å². The minimum absolute atomic E-state index is 0.00541. The maximum atomic E-state index is 11.2. The third-order valence-corrected chi connectivity index (χ3v) is 3.10. The lowest BCUT2D eigenvalue weighted by Crippen LogP contribution is -2.12. The average Bonchev–Trinajstić information content (AvgIpc) is 3.23. The highest BCUT2D eigenvalue weighted by molar-refractivity contribution is 5.69. The molecule has 0 radical (unpaired) electrons. The summed E-state index contributed by atoms with van der Waals surface area (Å²) in [7, 11) is 0. The molecule has 0 spiro atoms. The number of anilines is 3. The molecule has 3 aromatic heterocycles. The van der Waals surface area contributed by atoms with Crippen LogP contribution < -0.4 is 16.4 Å². The summed E-state index contributed by atoms with van der Waals surface area (Å²) in [5.74, 6) is 1.19. The van der Waals surface area contributed by atoms with Crippen LogP contribution in [-0.4, -0.2) is 14.9 Å². The Labute approximate surface area is 135 Å². The molecule has 10 heteroatoms. The quantitative estimate of drug-likeness (QED) is 0.439. The van der Waals surface area contributed by atoms with E-state index < -0.39 is 4.92 Å². The molecule has 0 fully saturated rings. The monoisotopic (exact) mass is 330 g/mol. The number of nitrogen functional groups attached to an aromatic ring is 1. The standard InChI is InChI=1S/C14H14N6O4/c15-12-11(20(21)22)13(16-7-9-3-1-5-23-9)19-14(18-12)17-8-10-4-2-6-24-10/h1-6H,7-8H2,(H4,15,16,17,18,19). The van der Waals surface area contributed by atoms with E-state index in [2.05, 4.69) is 20.6 Å². The van der Waals surface area contributed by atoms with Crippen molar-refractivity contribution in [3.63, 3.8) is 0 Å². The molecule has 4 N–H and O–H groups in total. The Morgan fingerprint density at radius 1 is 1.08 bits per heavy atom. The summed E-state index contributed by atoms with van der Waals surface area (Å²) >= 11 is 0. The Morgan fingerprint density at radius 3 is 2.25 bits per heavy atom. The smallest absolute Gasteiger partial charge is 0.353 e. The maximum absolute atomic E-state index is 11.2. The number of aromatic nitrogens is 2. The van der Waals surface area contributed by atoms with Gasteiger partial charge >= 0.3 is 5.69 Å². The zero-order valence-corrected chi connectivity index (χ0v) is 12.4. The molecule has 10 nitrogen and oxygen atoms in total. The third-order valence-electron chi connectivity index (χ3n) is 3.10. The lowest BCUT2D eigenvalue weighted by Gasteiger charge is -2.09. The number of hydrogen-bond acceptors (Lipinski definition) is 9. The number of nitro groups is 1. The Bertz CT molecular complexity index is 816. The molecule has 0 bridgehead atoms. The van der Waals surface area contributed by atoms with Gasteiger partial charge in [-0.2, -0.15) is 9.97 Å². The van der Waals surface area contributed by atoms with Crippen molar-refractivity contribution >= 4 is 23.3 Å². The Balaban J connectivity index is 1.81. The second-order valence-corrected chi connectivity index (χ2v) is 4.75. The molecule has 0 aliphatic heterocycles. The van der Waals surface area contributed by atoms with E-state index in [1.807, 2.05) is 0 Å². The summed E-state index contributed by atoms with van der Waals surface area (Å²) in [5, 5.41) is 17.0. The molecule has 0 saturated heterocycles. The van der Waals surface area contributed by atoms with Crippen LogP contribution in [-0.2, 0) is 13.1 Å². The summed E-state index contributed by atoms with van der Waals surface area (Å²) in [6, 6.07) is 6.98. The Kier molecular flexibility index (Phi) is 4.27. The third kappa shape index (κ3) is 3.43. The zero-order valence-electron chi connectivity index (χ0n) is 12.4. The predicted octanol–water partition coefficient (Wildman–Crippen LogP) is 2.38. The van der Waals surface area contributed by atoms with Crippen LogP contribution in [0.25, 0.3) is 0 Å². The van der Waals surface area contributed by atoms with Crippen molar-refractivity contribution in [2.45, 2.75) is 13.1 Å². The Hall–Kier alpha value is -3.56. The van der Waals surface area contributed by atoms with E-state index in [1.54, 1.807) is 30.5 Å². The first-order valence-corrected chi connectivity index (χ1v) is 6.98. The fourth-order valence-electron chi connectivity index (χ4n) is 2.02. The normalized spacial score (nSPS) is 10.5. The van der Waals surface area contributed by atoms with Gasteiger partial charge in [0.1, 0.15) is 11.5 Å². The summed E-state index contributed by atoms with van der Waals surface area (Å²) in [6.07, 6.45) is 3.05. The first kappa shape index (κ1) is 15.3.